The molecule has 0 saturated heterocycles. The highest BCUT2D eigenvalue weighted by Crippen LogP contribution is 2.28. The minimum Gasteiger partial charge on any atom is -0.236 e. The van der Waals surface area contributed by atoms with E-state index in [2.05, 4.69) is 71.7 Å². The fraction of sp³-hybridized carbons (Fsp3) is 0. The van der Waals surface area contributed by atoms with Crippen LogP contribution in [0.3, 0.4) is 0 Å². The lowest BCUT2D eigenvalue weighted by atomic mass is 9.98. The van der Waals surface area contributed by atoms with Gasteiger partial charge in [-0.1, -0.05) is 72.3 Å². The predicted molar refractivity (Wildman–Crippen MR) is 97.6 cm³/mol. The molecule has 1 aromatic heterocycles. The van der Waals surface area contributed by atoms with Gasteiger partial charge < -0.3 is 0 Å². The molecule has 110 valence electrons. The molecular formula is C21H14ClN. The second-order valence-electron chi connectivity index (χ2n) is 5.49. The van der Waals surface area contributed by atoms with Crippen molar-refractivity contribution in [3.05, 3.63) is 90.1 Å². The summed E-state index contributed by atoms with van der Waals surface area (Å²) in [6, 6.07) is 29.1. The average Bonchev–Trinajstić information content (AvgIpc) is 2.62. The molecule has 0 aliphatic rings. The molecule has 0 atom stereocenters. The van der Waals surface area contributed by atoms with E-state index in [4.69, 9.17) is 11.6 Å². The van der Waals surface area contributed by atoms with Crippen molar-refractivity contribution in [1.82, 2.24) is 4.98 Å². The number of rotatable bonds is 2. The molecule has 0 fully saturated rings. The van der Waals surface area contributed by atoms with Gasteiger partial charge in [-0.15, -0.1) is 0 Å². The van der Waals surface area contributed by atoms with Gasteiger partial charge in [0.15, 0.2) is 0 Å². The topological polar surface area (TPSA) is 12.9 Å². The number of hydrogen-bond acceptors (Lipinski definition) is 1. The maximum Gasteiger partial charge on any atom is 0.129 e. The maximum atomic E-state index is 6.01. The molecule has 1 heterocycles. The third-order valence-corrected chi connectivity index (χ3v) is 4.17. The number of nitrogens with zero attached hydrogens (tertiary/aromatic N) is 1. The minimum atomic E-state index is 0.521. The van der Waals surface area contributed by atoms with Gasteiger partial charge in [-0.2, -0.15) is 0 Å². The van der Waals surface area contributed by atoms with E-state index in [0.717, 1.165) is 16.5 Å². The van der Waals surface area contributed by atoms with E-state index in [-0.39, 0.29) is 0 Å². The van der Waals surface area contributed by atoms with Crippen LogP contribution in [0.1, 0.15) is 0 Å². The van der Waals surface area contributed by atoms with Gasteiger partial charge in [-0.25, -0.2) is 4.98 Å². The first kappa shape index (κ1) is 14.0. The van der Waals surface area contributed by atoms with Crippen LogP contribution < -0.4 is 0 Å². The van der Waals surface area contributed by atoms with Gasteiger partial charge in [0.2, 0.25) is 0 Å². The van der Waals surface area contributed by atoms with Crippen molar-refractivity contribution in [3.8, 4) is 22.3 Å². The van der Waals surface area contributed by atoms with Crippen molar-refractivity contribution in [3.63, 3.8) is 0 Å². The van der Waals surface area contributed by atoms with Crippen LogP contribution in [0.4, 0.5) is 0 Å². The van der Waals surface area contributed by atoms with Gasteiger partial charge in [0.05, 0.1) is 5.52 Å². The van der Waals surface area contributed by atoms with Gasteiger partial charge >= 0.3 is 0 Å². The molecule has 23 heavy (non-hydrogen) atoms. The monoisotopic (exact) mass is 315 g/mol. The summed E-state index contributed by atoms with van der Waals surface area (Å²) in [4.78, 5) is 4.41. The second-order valence-corrected chi connectivity index (χ2v) is 5.88. The van der Waals surface area contributed by atoms with Gasteiger partial charge in [0.1, 0.15) is 5.15 Å². The molecule has 3 aromatic carbocycles. The Morgan fingerprint density at radius 1 is 0.565 bits per heavy atom. The van der Waals surface area contributed by atoms with Crippen LogP contribution in [0.2, 0.25) is 5.15 Å². The van der Waals surface area contributed by atoms with Crippen molar-refractivity contribution in [2.75, 3.05) is 0 Å². The van der Waals surface area contributed by atoms with Crippen molar-refractivity contribution in [1.29, 1.82) is 0 Å². The Labute approximate surface area is 140 Å². The number of hydrogen-bond donors (Lipinski definition) is 0. The minimum absolute atomic E-state index is 0.521. The van der Waals surface area contributed by atoms with E-state index in [1.54, 1.807) is 0 Å². The van der Waals surface area contributed by atoms with E-state index in [1.165, 1.54) is 16.7 Å². The smallest absolute Gasteiger partial charge is 0.129 e. The molecule has 4 aromatic rings. The van der Waals surface area contributed by atoms with Gasteiger partial charge in [-0.3, -0.25) is 0 Å². The Balaban J connectivity index is 1.81. The molecule has 0 amide bonds. The first-order chi connectivity index (χ1) is 11.3. The number of benzene rings is 3. The van der Waals surface area contributed by atoms with Crippen molar-refractivity contribution < 1.29 is 0 Å². The fourth-order valence-corrected chi connectivity index (χ4v) is 2.93. The number of pyridine rings is 1. The van der Waals surface area contributed by atoms with Gasteiger partial charge in [0.25, 0.3) is 0 Å². The molecule has 0 bridgehead atoms. The van der Waals surface area contributed by atoms with Crippen molar-refractivity contribution in [2.24, 2.45) is 0 Å². The first-order valence-electron chi connectivity index (χ1n) is 7.52. The summed E-state index contributed by atoms with van der Waals surface area (Å²) in [6.45, 7) is 0. The highest BCUT2D eigenvalue weighted by Gasteiger charge is 2.04. The molecule has 0 N–H and O–H groups in total. The number of fused-ring (bicyclic) bond motifs is 1. The Kier molecular flexibility index (Phi) is 3.57. The van der Waals surface area contributed by atoms with Crippen LogP contribution in [0.25, 0.3) is 33.2 Å². The van der Waals surface area contributed by atoms with Crippen LogP contribution in [-0.4, -0.2) is 4.98 Å². The Bertz CT molecular complexity index is 977. The molecule has 0 aliphatic heterocycles. The lowest BCUT2D eigenvalue weighted by molar-refractivity contribution is 1.41. The lowest BCUT2D eigenvalue weighted by Gasteiger charge is -2.07. The highest BCUT2D eigenvalue weighted by atomic mass is 35.5. The van der Waals surface area contributed by atoms with Crippen LogP contribution in [0.5, 0.6) is 0 Å². The summed E-state index contributed by atoms with van der Waals surface area (Å²) in [5.41, 5.74) is 5.67. The SMILES string of the molecule is Clc1ccc2ccc(-c3cccc(-c4ccccc4)c3)cc2n1. The lowest BCUT2D eigenvalue weighted by Crippen LogP contribution is -1.84. The zero-order chi connectivity index (χ0) is 15.6. The Hall–Kier alpha value is -2.64. The summed E-state index contributed by atoms with van der Waals surface area (Å²) >= 11 is 6.01. The molecule has 2 heteroatoms. The van der Waals surface area contributed by atoms with Crippen molar-refractivity contribution >= 4 is 22.5 Å². The van der Waals surface area contributed by atoms with E-state index in [9.17, 15) is 0 Å². The number of aromatic nitrogens is 1. The zero-order valence-corrected chi connectivity index (χ0v) is 13.2. The summed E-state index contributed by atoms with van der Waals surface area (Å²) in [5.74, 6) is 0. The molecule has 0 saturated carbocycles. The summed E-state index contributed by atoms with van der Waals surface area (Å²) < 4.78 is 0. The summed E-state index contributed by atoms with van der Waals surface area (Å²) in [6.07, 6.45) is 0. The highest BCUT2D eigenvalue weighted by molar-refractivity contribution is 6.29. The second kappa shape index (κ2) is 5.86. The average molecular weight is 316 g/mol. The van der Waals surface area contributed by atoms with Crippen LogP contribution in [0, 0.1) is 0 Å². The third-order valence-electron chi connectivity index (χ3n) is 3.96. The van der Waals surface area contributed by atoms with Crippen molar-refractivity contribution in [2.45, 2.75) is 0 Å². The molecule has 4 rings (SSSR count). The van der Waals surface area contributed by atoms with E-state index < -0.39 is 0 Å². The van der Waals surface area contributed by atoms with E-state index in [0.29, 0.717) is 5.15 Å². The molecule has 0 aliphatic carbocycles. The largest absolute Gasteiger partial charge is 0.236 e. The molecular weight excluding hydrogens is 302 g/mol. The zero-order valence-electron chi connectivity index (χ0n) is 12.4. The Morgan fingerprint density at radius 2 is 1.22 bits per heavy atom. The fourth-order valence-electron chi connectivity index (χ4n) is 2.78. The number of halogens is 1. The van der Waals surface area contributed by atoms with Gasteiger partial charge in [-0.05, 0) is 46.5 Å². The Morgan fingerprint density at radius 3 is 2.04 bits per heavy atom. The molecule has 1 nitrogen and oxygen atoms in total. The van der Waals surface area contributed by atoms with Crippen LogP contribution in [0.15, 0.2) is 84.9 Å². The maximum absolute atomic E-state index is 6.01. The quantitative estimate of drug-likeness (QED) is 0.400. The molecule has 0 radical (unpaired) electrons. The van der Waals surface area contributed by atoms with E-state index in [1.807, 2.05) is 18.2 Å². The summed E-state index contributed by atoms with van der Waals surface area (Å²) in [5, 5.41) is 1.62. The predicted octanol–water partition coefficient (Wildman–Crippen LogP) is 6.22. The van der Waals surface area contributed by atoms with Crippen LogP contribution in [-0.2, 0) is 0 Å². The normalized spacial score (nSPS) is 10.8. The molecule has 0 spiro atoms. The van der Waals surface area contributed by atoms with Crippen LogP contribution >= 0.6 is 11.6 Å². The van der Waals surface area contributed by atoms with E-state index >= 15 is 0 Å². The third kappa shape index (κ3) is 2.84. The first-order valence-corrected chi connectivity index (χ1v) is 7.89. The standard InChI is InChI=1S/C21H14ClN/c22-21-12-11-16-9-10-19(14-20(16)23-21)18-8-4-7-17(13-18)15-5-2-1-3-6-15/h1-14H. The molecule has 0 unspecified atom stereocenters. The van der Waals surface area contributed by atoms with Gasteiger partial charge in [0, 0.05) is 5.39 Å². The summed E-state index contributed by atoms with van der Waals surface area (Å²) in [7, 11) is 0.